The van der Waals surface area contributed by atoms with Crippen molar-refractivity contribution < 1.29 is 14.5 Å². The zero-order chi connectivity index (χ0) is 13.9. The van der Waals surface area contributed by atoms with Crippen LogP contribution in [0.1, 0.15) is 27.7 Å². The van der Waals surface area contributed by atoms with E-state index in [0.29, 0.717) is 6.54 Å². The van der Waals surface area contributed by atoms with Gasteiger partial charge in [-0.15, -0.1) is 4.68 Å². The number of nitro groups is 1. The van der Waals surface area contributed by atoms with Gasteiger partial charge in [-0.2, -0.15) is 0 Å². The van der Waals surface area contributed by atoms with Gasteiger partial charge in [0.15, 0.2) is 5.69 Å². The number of aromatic nitrogens is 2. The molecule has 1 aromatic heterocycles. The zero-order valence-corrected chi connectivity index (χ0v) is 10.8. The molecule has 1 aromatic rings. The molecule has 0 saturated heterocycles. The second kappa shape index (κ2) is 5.03. The number of amides is 1. The Balaban J connectivity index is 2.88. The molecular weight excluding hydrogens is 240 g/mol. The van der Waals surface area contributed by atoms with E-state index in [-0.39, 0.29) is 11.5 Å². The summed E-state index contributed by atoms with van der Waals surface area (Å²) in [6, 6.07) is 0. The fourth-order valence-electron chi connectivity index (χ4n) is 1.30. The Morgan fingerprint density at radius 2 is 2.22 bits per heavy atom. The maximum Gasteiger partial charge on any atom is 0.412 e. The molecule has 18 heavy (non-hydrogen) atoms. The van der Waals surface area contributed by atoms with E-state index < -0.39 is 16.6 Å². The number of rotatable bonds is 3. The molecule has 0 atom stereocenters. The molecule has 0 fully saturated rings. The fourth-order valence-corrected chi connectivity index (χ4v) is 1.30. The van der Waals surface area contributed by atoms with Gasteiger partial charge in [0.25, 0.3) is 0 Å². The minimum absolute atomic E-state index is 0.0242. The number of carbonyl (C=O) groups is 1. The van der Waals surface area contributed by atoms with Gasteiger partial charge in [-0.3, -0.25) is 5.32 Å². The van der Waals surface area contributed by atoms with E-state index in [1.54, 1.807) is 27.7 Å². The molecule has 1 amide bonds. The smallest absolute Gasteiger partial charge is 0.412 e. The predicted molar refractivity (Wildman–Crippen MR) is 64.4 cm³/mol. The minimum Gasteiger partial charge on any atom is -0.444 e. The average molecular weight is 256 g/mol. The number of hydrogen-bond donors (Lipinski definition) is 1. The van der Waals surface area contributed by atoms with E-state index in [1.165, 1.54) is 10.9 Å². The quantitative estimate of drug-likeness (QED) is 0.659. The standard InChI is InChI=1S/C10H16N4O4/c1-5-13-8(14(16)17)7(6-11-13)12-9(15)18-10(2,3)4/h6H,5H2,1-4H3,(H,12,15). The summed E-state index contributed by atoms with van der Waals surface area (Å²) in [5.74, 6) is -0.261. The molecular formula is C10H16N4O4. The van der Waals surface area contributed by atoms with Crippen LogP contribution in [0.4, 0.5) is 16.3 Å². The number of aryl methyl sites for hydroxylation is 1. The van der Waals surface area contributed by atoms with Crippen molar-refractivity contribution in [1.82, 2.24) is 9.78 Å². The lowest BCUT2D eigenvalue weighted by Crippen LogP contribution is -2.27. The van der Waals surface area contributed by atoms with Crippen molar-refractivity contribution in [3.05, 3.63) is 16.3 Å². The van der Waals surface area contributed by atoms with Crippen LogP contribution < -0.4 is 5.32 Å². The van der Waals surface area contributed by atoms with E-state index in [1.807, 2.05) is 0 Å². The average Bonchev–Trinajstić information content (AvgIpc) is 2.57. The summed E-state index contributed by atoms with van der Waals surface area (Å²) in [5.41, 5.74) is -0.643. The van der Waals surface area contributed by atoms with Gasteiger partial charge < -0.3 is 14.9 Å². The van der Waals surface area contributed by atoms with Crippen molar-refractivity contribution in [1.29, 1.82) is 0 Å². The van der Waals surface area contributed by atoms with Gasteiger partial charge in [-0.05, 0) is 32.6 Å². The SMILES string of the molecule is CCn1ncc(NC(=O)OC(C)(C)C)c1[N+](=O)[O-]. The Morgan fingerprint density at radius 3 is 2.67 bits per heavy atom. The highest BCUT2D eigenvalue weighted by Gasteiger charge is 2.24. The molecule has 0 aliphatic heterocycles. The summed E-state index contributed by atoms with van der Waals surface area (Å²) < 4.78 is 6.20. The van der Waals surface area contributed by atoms with Crippen LogP contribution in [0.15, 0.2) is 6.20 Å². The molecule has 8 heteroatoms. The van der Waals surface area contributed by atoms with Crippen LogP contribution in [-0.4, -0.2) is 26.4 Å². The summed E-state index contributed by atoms with van der Waals surface area (Å²) in [4.78, 5) is 21.8. The van der Waals surface area contributed by atoms with Gasteiger partial charge in [-0.1, -0.05) is 5.10 Å². The van der Waals surface area contributed by atoms with Crippen LogP contribution in [-0.2, 0) is 11.3 Å². The number of hydrogen-bond acceptors (Lipinski definition) is 5. The minimum atomic E-state index is -0.749. The van der Waals surface area contributed by atoms with E-state index in [4.69, 9.17) is 4.74 Å². The molecule has 0 unspecified atom stereocenters. The molecule has 0 saturated carbocycles. The maximum atomic E-state index is 11.5. The van der Waals surface area contributed by atoms with Crippen molar-refractivity contribution in [3.8, 4) is 0 Å². The van der Waals surface area contributed by atoms with Crippen LogP contribution in [0, 0.1) is 10.1 Å². The number of carbonyl (C=O) groups excluding carboxylic acids is 1. The Labute approximate surface area is 104 Å². The third kappa shape index (κ3) is 3.44. The normalized spacial score (nSPS) is 11.1. The predicted octanol–water partition coefficient (Wildman–Crippen LogP) is 2.16. The van der Waals surface area contributed by atoms with Crippen molar-refractivity contribution >= 4 is 17.6 Å². The van der Waals surface area contributed by atoms with Gasteiger partial charge in [0, 0.05) is 0 Å². The molecule has 0 radical (unpaired) electrons. The first kappa shape index (κ1) is 13.9. The van der Waals surface area contributed by atoms with Crippen molar-refractivity contribution in [2.75, 3.05) is 5.32 Å². The number of anilines is 1. The summed E-state index contributed by atoms with van der Waals surface area (Å²) in [6.45, 7) is 7.17. The highest BCUT2D eigenvalue weighted by Crippen LogP contribution is 2.24. The molecule has 0 aliphatic carbocycles. The van der Waals surface area contributed by atoms with Gasteiger partial charge in [-0.25, -0.2) is 4.79 Å². The topological polar surface area (TPSA) is 99.3 Å². The number of nitrogens with zero attached hydrogens (tertiary/aromatic N) is 3. The lowest BCUT2D eigenvalue weighted by Gasteiger charge is -2.19. The van der Waals surface area contributed by atoms with Crippen LogP contribution >= 0.6 is 0 Å². The maximum absolute atomic E-state index is 11.5. The molecule has 1 N–H and O–H groups in total. The van der Waals surface area contributed by atoms with Crippen molar-refractivity contribution in [3.63, 3.8) is 0 Å². The van der Waals surface area contributed by atoms with Gasteiger partial charge in [0.05, 0.1) is 0 Å². The van der Waals surface area contributed by atoms with E-state index in [9.17, 15) is 14.9 Å². The molecule has 0 aliphatic rings. The second-order valence-corrected chi connectivity index (χ2v) is 4.58. The Kier molecular flexibility index (Phi) is 3.89. The zero-order valence-electron chi connectivity index (χ0n) is 10.8. The van der Waals surface area contributed by atoms with Crippen LogP contribution in [0.3, 0.4) is 0 Å². The summed E-state index contributed by atoms with van der Waals surface area (Å²) in [5, 5.41) is 17.0. The third-order valence-electron chi connectivity index (χ3n) is 1.92. The lowest BCUT2D eigenvalue weighted by atomic mass is 10.2. The Bertz CT molecular complexity index is 461. The van der Waals surface area contributed by atoms with Gasteiger partial charge >= 0.3 is 11.9 Å². The van der Waals surface area contributed by atoms with Crippen LogP contribution in [0.25, 0.3) is 0 Å². The Hall–Kier alpha value is -2.12. The molecule has 1 heterocycles. The molecule has 0 aromatic carbocycles. The summed E-state index contributed by atoms with van der Waals surface area (Å²) in [7, 11) is 0. The lowest BCUT2D eigenvalue weighted by molar-refractivity contribution is -0.391. The molecule has 1 rings (SSSR count). The van der Waals surface area contributed by atoms with Gasteiger partial charge in [0.1, 0.15) is 18.3 Å². The van der Waals surface area contributed by atoms with Crippen LogP contribution in [0.2, 0.25) is 0 Å². The molecule has 0 spiro atoms. The molecule has 8 nitrogen and oxygen atoms in total. The monoisotopic (exact) mass is 256 g/mol. The van der Waals surface area contributed by atoms with E-state index >= 15 is 0 Å². The molecule has 0 bridgehead atoms. The van der Waals surface area contributed by atoms with E-state index in [0.717, 1.165) is 0 Å². The summed E-state index contributed by atoms with van der Waals surface area (Å²) in [6.07, 6.45) is 0.479. The second-order valence-electron chi connectivity index (χ2n) is 4.58. The highest BCUT2D eigenvalue weighted by atomic mass is 16.6. The first-order valence-corrected chi connectivity index (χ1v) is 5.44. The highest BCUT2D eigenvalue weighted by molar-refractivity contribution is 5.87. The van der Waals surface area contributed by atoms with Crippen molar-refractivity contribution in [2.24, 2.45) is 0 Å². The fraction of sp³-hybridized carbons (Fsp3) is 0.600. The summed E-state index contributed by atoms with van der Waals surface area (Å²) >= 11 is 0. The van der Waals surface area contributed by atoms with Crippen LogP contribution in [0.5, 0.6) is 0 Å². The first-order chi connectivity index (χ1) is 8.24. The third-order valence-corrected chi connectivity index (χ3v) is 1.92. The van der Waals surface area contributed by atoms with E-state index in [2.05, 4.69) is 10.4 Å². The Morgan fingerprint density at radius 1 is 1.61 bits per heavy atom. The first-order valence-electron chi connectivity index (χ1n) is 5.44. The number of nitrogens with one attached hydrogen (secondary N) is 1. The van der Waals surface area contributed by atoms with Gasteiger partial charge in [0.2, 0.25) is 0 Å². The number of ether oxygens (including phenoxy) is 1. The largest absolute Gasteiger partial charge is 0.444 e. The molecule has 100 valence electrons. The van der Waals surface area contributed by atoms with Crippen molar-refractivity contribution in [2.45, 2.75) is 39.8 Å².